The summed E-state index contributed by atoms with van der Waals surface area (Å²) in [5.74, 6) is 6.82. The van der Waals surface area contributed by atoms with Gasteiger partial charge in [-0.25, -0.2) is 20.8 Å². The van der Waals surface area contributed by atoms with Gasteiger partial charge in [0.1, 0.15) is 21.0 Å². The van der Waals surface area contributed by atoms with Crippen molar-refractivity contribution in [2.75, 3.05) is 5.01 Å². The van der Waals surface area contributed by atoms with E-state index in [-0.39, 0.29) is 0 Å². The van der Waals surface area contributed by atoms with Gasteiger partial charge < -0.3 is 0 Å². The lowest BCUT2D eigenvalue weighted by molar-refractivity contribution is 0.768. The van der Waals surface area contributed by atoms with Crippen molar-refractivity contribution in [2.24, 2.45) is 17.9 Å². The first-order valence-electron chi connectivity index (χ1n) is 7.83. The van der Waals surface area contributed by atoms with Gasteiger partial charge in [0.2, 0.25) is 0 Å². The van der Waals surface area contributed by atoms with Crippen LogP contribution in [0, 0.1) is 0 Å². The Morgan fingerprint density at radius 1 is 1.31 bits per heavy atom. The number of nitrogens with two attached hydrogens (primary N) is 1. The highest BCUT2D eigenvalue weighted by molar-refractivity contribution is 7.18. The molecule has 0 aliphatic heterocycles. The lowest BCUT2D eigenvalue weighted by atomic mass is 10.2. The van der Waals surface area contributed by atoms with Gasteiger partial charge in [-0.05, 0) is 31.0 Å². The molecule has 0 radical (unpaired) electrons. The van der Waals surface area contributed by atoms with E-state index < -0.39 is 0 Å². The molecule has 4 aromatic heterocycles. The first-order valence-corrected chi connectivity index (χ1v) is 8.65. The number of hydrazine groups is 1. The fraction of sp³-hybridized carbons (Fsp3) is 0.118. The number of aliphatic imine (C=N–C) groups is 1. The second-order valence-electron chi connectivity index (χ2n) is 5.66. The van der Waals surface area contributed by atoms with Crippen LogP contribution in [-0.2, 0) is 13.6 Å². The Balaban J connectivity index is 1.67. The van der Waals surface area contributed by atoms with Crippen molar-refractivity contribution in [2.45, 2.75) is 6.54 Å². The number of aromatic nitrogens is 5. The maximum Gasteiger partial charge on any atom is 0.169 e. The van der Waals surface area contributed by atoms with Crippen LogP contribution in [0.5, 0.6) is 0 Å². The fourth-order valence-corrected chi connectivity index (χ4v) is 3.50. The van der Waals surface area contributed by atoms with Gasteiger partial charge >= 0.3 is 0 Å². The van der Waals surface area contributed by atoms with Crippen molar-refractivity contribution < 1.29 is 0 Å². The van der Waals surface area contributed by atoms with Crippen molar-refractivity contribution in [3.8, 4) is 11.3 Å². The van der Waals surface area contributed by atoms with E-state index in [9.17, 15) is 0 Å². The van der Waals surface area contributed by atoms with Crippen LogP contribution in [0.3, 0.4) is 0 Å². The minimum atomic E-state index is 0.396. The molecule has 0 aromatic carbocycles. The summed E-state index contributed by atoms with van der Waals surface area (Å²) in [6.07, 6.45) is 5.41. The molecule has 0 saturated heterocycles. The van der Waals surface area contributed by atoms with E-state index in [4.69, 9.17) is 5.84 Å². The number of thiazole rings is 1. The highest BCUT2D eigenvalue weighted by atomic mass is 32.1. The van der Waals surface area contributed by atoms with E-state index in [1.54, 1.807) is 17.1 Å². The van der Waals surface area contributed by atoms with E-state index >= 15 is 0 Å². The molecule has 0 aliphatic rings. The van der Waals surface area contributed by atoms with Gasteiger partial charge in [0.15, 0.2) is 5.82 Å². The zero-order valence-corrected chi connectivity index (χ0v) is 14.9. The molecule has 0 unspecified atom stereocenters. The smallest absolute Gasteiger partial charge is 0.169 e. The zero-order valence-electron chi connectivity index (χ0n) is 14.1. The Kier molecular flexibility index (Phi) is 4.15. The van der Waals surface area contributed by atoms with Crippen molar-refractivity contribution in [1.29, 1.82) is 0 Å². The summed E-state index contributed by atoms with van der Waals surface area (Å²) in [5, 5.41) is 6.56. The number of aryl methyl sites for hydroxylation is 1. The number of fused-ring (bicyclic) bond motifs is 1. The minimum Gasteiger partial charge on any atom is -0.286 e. The molecule has 4 heterocycles. The molecule has 26 heavy (non-hydrogen) atoms. The van der Waals surface area contributed by atoms with Crippen LogP contribution in [0.2, 0.25) is 0 Å². The summed E-state index contributed by atoms with van der Waals surface area (Å²) < 4.78 is 1.73. The average molecular weight is 364 g/mol. The van der Waals surface area contributed by atoms with Crippen LogP contribution in [-0.4, -0.2) is 31.4 Å². The van der Waals surface area contributed by atoms with E-state index in [1.807, 2.05) is 37.5 Å². The molecular weight excluding hydrogens is 348 g/mol. The Hall–Kier alpha value is -3.17. The predicted molar refractivity (Wildman–Crippen MR) is 103 cm³/mol. The Morgan fingerprint density at radius 2 is 2.19 bits per heavy atom. The first kappa shape index (κ1) is 16.3. The Labute approximate surface area is 153 Å². The molecule has 0 aliphatic carbocycles. The summed E-state index contributed by atoms with van der Waals surface area (Å²) >= 11 is 1.51. The second kappa shape index (κ2) is 6.62. The third kappa shape index (κ3) is 3.05. The van der Waals surface area contributed by atoms with Crippen LogP contribution in [0.15, 0.2) is 47.8 Å². The predicted octanol–water partition coefficient (Wildman–Crippen LogP) is 2.70. The first-order chi connectivity index (χ1) is 12.6. The maximum atomic E-state index is 6.29. The third-order valence-corrected chi connectivity index (χ3v) is 4.78. The van der Waals surface area contributed by atoms with Crippen LogP contribution in [0.4, 0.5) is 11.5 Å². The highest BCUT2D eigenvalue weighted by Gasteiger charge is 2.15. The molecular formula is C17H16N8S. The zero-order chi connectivity index (χ0) is 18.1. The summed E-state index contributed by atoms with van der Waals surface area (Å²) in [7, 11) is 1.86. The molecule has 0 bridgehead atoms. The van der Waals surface area contributed by atoms with Gasteiger partial charge in [0.25, 0.3) is 0 Å². The molecule has 0 spiro atoms. The Morgan fingerprint density at radius 3 is 2.92 bits per heavy atom. The second-order valence-corrected chi connectivity index (χ2v) is 6.73. The number of pyridine rings is 2. The third-order valence-electron chi connectivity index (χ3n) is 3.81. The fourth-order valence-electron chi connectivity index (χ4n) is 2.59. The SMILES string of the molecule is C=Nc1ccc(-c2cnn(C)c2)nc1N(N)Cc1nc2cccnc2s1. The standard InChI is InChI=1S/C17H16N8S/c1-19-13-6-5-12(11-8-21-24(2)9-11)23-16(13)25(18)10-15-22-14-4-3-7-20-17(14)26-15/h3-9H,1,10,18H2,2H3. The van der Waals surface area contributed by atoms with Gasteiger partial charge in [-0.15, -0.1) is 0 Å². The molecule has 8 nitrogen and oxygen atoms in total. The Bertz CT molecular complexity index is 1050. The molecule has 2 N–H and O–H groups in total. The van der Waals surface area contributed by atoms with Gasteiger partial charge in [-0.3, -0.25) is 14.7 Å². The van der Waals surface area contributed by atoms with Gasteiger partial charge in [-0.1, -0.05) is 11.3 Å². The number of rotatable bonds is 5. The highest BCUT2D eigenvalue weighted by Crippen LogP contribution is 2.30. The number of anilines is 1. The summed E-state index contributed by atoms with van der Waals surface area (Å²) in [6, 6.07) is 7.52. The molecule has 0 fully saturated rings. The lowest BCUT2D eigenvalue weighted by Gasteiger charge is -2.18. The molecule has 9 heteroatoms. The van der Waals surface area contributed by atoms with Crippen molar-refractivity contribution in [1.82, 2.24) is 24.7 Å². The van der Waals surface area contributed by atoms with E-state index in [0.29, 0.717) is 18.1 Å². The minimum absolute atomic E-state index is 0.396. The van der Waals surface area contributed by atoms with Crippen molar-refractivity contribution in [3.05, 3.63) is 47.9 Å². The number of hydrogen-bond donors (Lipinski definition) is 1. The van der Waals surface area contributed by atoms with Crippen LogP contribution in [0.25, 0.3) is 21.6 Å². The van der Waals surface area contributed by atoms with Gasteiger partial charge in [-0.2, -0.15) is 5.10 Å². The maximum absolute atomic E-state index is 6.29. The summed E-state index contributed by atoms with van der Waals surface area (Å²) in [5.41, 5.74) is 3.14. The molecule has 0 saturated carbocycles. The van der Waals surface area contributed by atoms with Crippen LogP contribution < -0.4 is 10.9 Å². The molecule has 130 valence electrons. The van der Waals surface area contributed by atoms with Gasteiger partial charge in [0.05, 0.1) is 18.4 Å². The number of nitrogens with zero attached hydrogens (tertiary/aromatic N) is 7. The van der Waals surface area contributed by atoms with Gasteiger partial charge in [0, 0.05) is 25.0 Å². The van der Waals surface area contributed by atoms with Crippen LogP contribution in [0.1, 0.15) is 5.01 Å². The average Bonchev–Trinajstić information content (AvgIpc) is 3.26. The quantitative estimate of drug-likeness (QED) is 0.332. The largest absolute Gasteiger partial charge is 0.286 e. The lowest BCUT2D eigenvalue weighted by Crippen LogP contribution is -2.31. The normalized spacial score (nSPS) is 11.0. The molecule has 0 amide bonds. The van der Waals surface area contributed by atoms with E-state index in [0.717, 1.165) is 26.6 Å². The summed E-state index contributed by atoms with van der Waals surface area (Å²) in [6.45, 7) is 4.01. The van der Waals surface area contributed by atoms with Crippen molar-refractivity contribution in [3.63, 3.8) is 0 Å². The van der Waals surface area contributed by atoms with Crippen molar-refractivity contribution >= 4 is 39.9 Å². The number of hydrogen-bond acceptors (Lipinski definition) is 8. The van der Waals surface area contributed by atoms with E-state index in [1.165, 1.54) is 16.3 Å². The monoisotopic (exact) mass is 364 g/mol. The van der Waals surface area contributed by atoms with E-state index in [2.05, 4.69) is 31.8 Å². The topological polar surface area (TPSA) is 98.1 Å². The summed E-state index contributed by atoms with van der Waals surface area (Å²) in [4.78, 5) is 18.4. The molecule has 4 rings (SSSR count). The molecule has 0 atom stereocenters. The molecule has 4 aromatic rings. The van der Waals surface area contributed by atoms with Crippen LogP contribution >= 0.6 is 11.3 Å².